The van der Waals surface area contributed by atoms with Gasteiger partial charge in [0.05, 0.1) is 11.6 Å². The average Bonchev–Trinajstić information content (AvgIpc) is 2.62. The van der Waals surface area contributed by atoms with Crippen LogP contribution in [0.25, 0.3) is 0 Å². The Bertz CT molecular complexity index is 728. The normalized spacial score (nSPS) is 15.0. The molecule has 0 atom stereocenters. The molecular weight excluding hydrogens is 300 g/mol. The lowest BCUT2D eigenvalue weighted by atomic mass is 10.0. The van der Waals surface area contributed by atoms with Gasteiger partial charge in [0, 0.05) is 45.0 Å². The van der Waals surface area contributed by atoms with Crippen molar-refractivity contribution in [2.45, 2.75) is 18.9 Å². The molecule has 1 aliphatic heterocycles. The van der Waals surface area contributed by atoms with Crippen LogP contribution in [0.5, 0.6) is 0 Å². The molecule has 0 spiro atoms. The summed E-state index contributed by atoms with van der Waals surface area (Å²) >= 11 is 0. The molecule has 0 bridgehead atoms. The number of benzene rings is 1. The summed E-state index contributed by atoms with van der Waals surface area (Å²) in [6, 6.07) is 12.4. The van der Waals surface area contributed by atoms with Crippen LogP contribution in [0, 0.1) is 11.3 Å². The molecule has 124 valence electrons. The molecule has 6 heteroatoms. The molecule has 1 N–H and O–H groups in total. The molecule has 0 amide bonds. The molecule has 0 radical (unpaired) electrons. The van der Waals surface area contributed by atoms with E-state index in [9.17, 15) is 0 Å². The van der Waals surface area contributed by atoms with Gasteiger partial charge in [0.2, 0.25) is 0 Å². The van der Waals surface area contributed by atoms with Crippen molar-refractivity contribution in [3.05, 3.63) is 42.2 Å². The van der Waals surface area contributed by atoms with Crippen LogP contribution in [-0.2, 0) is 0 Å². The summed E-state index contributed by atoms with van der Waals surface area (Å²) < 4.78 is 0. The quantitative estimate of drug-likeness (QED) is 0.933. The predicted octanol–water partition coefficient (Wildman–Crippen LogP) is 2.50. The Hall–Kier alpha value is -2.81. The second-order valence-corrected chi connectivity index (χ2v) is 6.22. The third-order valence-corrected chi connectivity index (χ3v) is 4.30. The highest BCUT2D eigenvalue weighted by Gasteiger charge is 2.20. The first-order valence-corrected chi connectivity index (χ1v) is 8.17. The van der Waals surface area contributed by atoms with Gasteiger partial charge in [-0.25, -0.2) is 9.97 Å². The first kappa shape index (κ1) is 16.1. The zero-order valence-corrected chi connectivity index (χ0v) is 14.1. The summed E-state index contributed by atoms with van der Waals surface area (Å²) in [6.45, 7) is 1.94. The molecule has 0 aliphatic carbocycles. The Labute approximate surface area is 142 Å². The zero-order valence-electron chi connectivity index (χ0n) is 14.1. The van der Waals surface area contributed by atoms with Gasteiger partial charge in [0.15, 0.2) is 0 Å². The van der Waals surface area contributed by atoms with Gasteiger partial charge in [0.25, 0.3) is 0 Å². The van der Waals surface area contributed by atoms with Crippen molar-refractivity contribution in [2.24, 2.45) is 0 Å². The van der Waals surface area contributed by atoms with E-state index in [1.165, 1.54) is 0 Å². The fraction of sp³-hybridized carbons (Fsp3) is 0.389. The van der Waals surface area contributed by atoms with Gasteiger partial charge in [-0.15, -0.1) is 0 Å². The van der Waals surface area contributed by atoms with Crippen LogP contribution in [0.2, 0.25) is 0 Å². The first-order chi connectivity index (χ1) is 11.7. The lowest BCUT2D eigenvalue weighted by molar-refractivity contribution is 0.525. The Balaban J connectivity index is 1.59. The standard InChI is InChI=1S/C18H22N6/c1-23(2)18-11-17(20-13-21-18)22-15-6-8-24(9-7-15)16-5-3-4-14(10-16)12-19/h3-5,10-11,13,15H,6-9H2,1-2H3,(H,20,21,22). The summed E-state index contributed by atoms with van der Waals surface area (Å²) in [6.07, 6.45) is 3.68. The minimum atomic E-state index is 0.408. The Morgan fingerprint density at radius 1 is 1.21 bits per heavy atom. The number of rotatable bonds is 4. The third kappa shape index (κ3) is 3.74. The largest absolute Gasteiger partial charge is 0.371 e. The van der Waals surface area contributed by atoms with Gasteiger partial charge >= 0.3 is 0 Å². The van der Waals surface area contributed by atoms with Crippen molar-refractivity contribution in [3.8, 4) is 6.07 Å². The van der Waals surface area contributed by atoms with Gasteiger partial charge < -0.3 is 15.1 Å². The molecule has 1 aliphatic rings. The summed E-state index contributed by atoms with van der Waals surface area (Å²) in [5.41, 5.74) is 1.84. The highest BCUT2D eigenvalue weighted by Crippen LogP contribution is 2.23. The van der Waals surface area contributed by atoms with Crippen LogP contribution < -0.4 is 15.1 Å². The molecule has 1 saturated heterocycles. The number of nitrogens with one attached hydrogen (secondary N) is 1. The predicted molar refractivity (Wildman–Crippen MR) is 96.4 cm³/mol. The van der Waals surface area contributed by atoms with Gasteiger partial charge in [0.1, 0.15) is 18.0 Å². The second kappa shape index (κ2) is 7.18. The third-order valence-electron chi connectivity index (χ3n) is 4.30. The van der Waals surface area contributed by atoms with E-state index in [1.807, 2.05) is 43.3 Å². The van der Waals surface area contributed by atoms with Crippen LogP contribution in [0.4, 0.5) is 17.3 Å². The van der Waals surface area contributed by atoms with Crippen LogP contribution in [0.1, 0.15) is 18.4 Å². The summed E-state index contributed by atoms with van der Waals surface area (Å²) in [5.74, 6) is 1.77. The molecule has 1 fully saturated rings. The topological polar surface area (TPSA) is 68.1 Å². The van der Waals surface area contributed by atoms with Gasteiger partial charge in [-0.2, -0.15) is 5.26 Å². The van der Waals surface area contributed by atoms with E-state index in [0.29, 0.717) is 11.6 Å². The fourth-order valence-corrected chi connectivity index (χ4v) is 2.93. The Morgan fingerprint density at radius 2 is 2.00 bits per heavy atom. The maximum Gasteiger partial charge on any atom is 0.133 e. The highest BCUT2D eigenvalue weighted by molar-refractivity contribution is 5.52. The Kier molecular flexibility index (Phi) is 4.80. The van der Waals surface area contributed by atoms with Crippen LogP contribution in [0.3, 0.4) is 0 Å². The van der Waals surface area contributed by atoms with E-state index in [1.54, 1.807) is 6.33 Å². The van der Waals surface area contributed by atoms with E-state index in [2.05, 4.69) is 32.3 Å². The van der Waals surface area contributed by atoms with Crippen molar-refractivity contribution in [3.63, 3.8) is 0 Å². The number of nitrogens with zero attached hydrogens (tertiary/aromatic N) is 5. The van der Waals surface area contributed by atoms with E-state index in [-0.39, 0.29) is 0 Å². The van der Waals surface area contributed by atoms with Gasteiger partial charge in [-0.3, -0.25) is 0 Å². The number of piperidine rings is 1. The van der Waals surface area contributed by atoms with E-state index >= 15 is 0 Å². The maximum atomic E-state index is 9.03. The minimum absolute atomic E-state index is 0.408. The fourth-order valence-electron chi connectivity index (χ4n) is 2.93. The number of anilines is 3. The Morgan fingerprint density at radius 3 is 2.71 bits per heavy atom. The zero-order chi connectivity index (χ0) is 16.9. The molecule has 2 heterocycles. The highest BCUT2D eigenvalue weighted by atomic mass is 15.2. The molecule has 24 heavy (non-hydrogen) atoms. The first-order valence-electron chi connectivity index (χ1n) is 8.17. The second-order valence-electron chi connectivity index (χ2n) is 6.22. The summed E-state index contributed by atoms with van der Waals surface area (Å²) in [7, 11) is 3.94. The molecular formula is C18H22N6. The summed E-state index contributed by atoms with van der Waals surface area (Å²) in [5, 5.41) is 12.5. The van der Waals surface area contributed by atoms with E-state index < -0.39 is 0 Å². The maximum absolute atomic E-state index is 9.03. The van der Waals surface area contributed by atoms with Gasteiger partial charge in [-0.05, 0) is 31.0 Å². The van der Waals surface area contributed by atoms with Gasteiger partial charge in [-0.1, -0.05) is 6.07 Å². The number of aromatic nitrogens is 2. The minimum Gasteiger partial charge on any atom is -0.371 e. The number of hydrogen-bond acceptors (Lipinski definition) is 6. The van der Waals surface area contributed by atoms with Crippen molar-refractivity contribution in [2.75, 3.05) is 42.3 Å². The smallest absolute Gasteiger partial charge is 0.133 e. The number of nitriles is 1. The van der Waals surface area contributed by atoms with E-state index in [0.717, 1.165) is 43.3 Å². The van der Waals surface area contributed by atoms with Crippen LogP contribution in [0.15, 0.2) is 36.7 Å². The molecule has 2 aromatic rings. The van der Waals surface area contributed by atoms with Crippen molar-refractivity contribution in [1.29, 1.82) is 5.26 Å². The molecule has 6 nitrogen and oxygen atoms in total. The molecule has 0 unspecified atom stereocenters. The monoisotopic (exact) mass is 322 g/mol. The van der Waals surface area contributed by atoms with Crippen molar-refractivity contribution in [1.82, 2.24) is 9.97 Å². The van der Waals surface area contributed by atoms with E-state index in [4.69, 9.17) is 5.26 Å². The van der Waals surface area contributed by atoms with Crippen LogP contribution in [-0.4, -0.2) is 43.2 Å². The van der Waals surface area contributed by atoms with Crippen molar-refractivity contribution < 1.29 is 0 Å². The SMILES string of the molecule is CN(C)c1cc(NC2CCN(c3cccc(C#N)c3)CC2)ncn1. The average molecular weight is 322 g/mol. The molecule has 1 aromatic carbocycles. The summed E-state index contributed by atoms with van der Waals surface area (Å²) in [4.78, 5) is 12.9. The van der Waals surface area contributed by atoms with Crippen molar-refractivity contribution >= 4 is 17.3 Å². The lowest BCUT2D eigenvalue weighted by Gasteiger charge is -2.34. The molecule has 0 saturated carbocycles. The molecule has 3 rings (SSSR count). The van der Waals surface area contributed by atoms with Crippen LogP contribution >= 0.6 is 0 Å². The molecule has 1 aromatic heterocycles. The number of hydrogen-bond donors (Lipinski definition) is 1. The lowest BCUT2D eigenvalue weighted by Crippen LogP contribution is -2.39.